The molecule has 1 aromatic heterocycles. The lowest BCUT2D eigenvalue weighted by atomic mass is 9.66. The van der Waals surface area contributed by atoms with E-state index < -0.39 is 11.5 Å². The molecule has 0 amide bonds. The van der Waals surface area contributed by atoms with Gasteiger partial charge in [0.05, 0.1) is 17.8 Å². The smallest absolute Gasteiger partial charge is 0.323 e. The monoisotopic (exact) mass is 630 g/mol. The first-order valence-electron chi connectivity index (χ1n) is 12.3. The van der Waals surface area contributed by atoms with E-state index in [1.807, 2.05) is 73.8 Å². The van der Waals surface area contributed by atoms with Crippen LogP contribution in [-0.4, -0.2) is 17.6 Å². The summed E-state index contributed by atoms with van der Waals surface area (Å²) in [6, 6.07) is 33.9. The number of hydrogen-bond acceptors (Lipinski definition) is 3. The number of anilines is 1. The fraction of sp³-hybridized carbons (Fsp3) is 0.156. The van der Waals surface area contributed by atoms with E-state index in [2.05, 4.69) is 85.1 Å². The van der Waals surface area contributed by atoms with Crippen LogP contribution in [-0.2, 0) is 22.0 Å². The fourth-order valence-corrected chi connectivity index (χ4v) is 6.45. The molecule has 192 valence electrons. The number of nitrogens with zero attached hydrogens (tertiary/aromatic N) is 1. The second-order valence-electron chi connectivity index (χ2n) is 9.41. The van der Waals surface area contributed by atoms with Gasteiger partial charge in [0.1, 0.15) is 5.41 Å². The Kier molecular flexibility index (Phi) is 7.46. The Morgan fingerprint density at radius 2 is 1.58 bits per heavy atom. The molecule has 1 heterocycles. The third-order valence-corrected chi connectivity index (χ3v) is 8.57. The Balaban J connectivity index is 1.93. The summed E-state index contributed by atoms with van der Waals surface area (Å²) in [7, 11) is 3.47. The second kappa shape index (κ2) is 10.8. The number of benzene rings is 4. The van der Waals surface area contributed by atoms with Gasteiger partial charge in [-0.25, -0.2) is 0 Å². The molecule has 1 N–H and O–H groups in total. The Bertz CT molecular complexity index is 1600. The van der Waals surface area contributed by atoms with E-state index in [0.29, 0.717) is 0 Å². The van der Waals surface area contributed by atoms with Gasteiger partial charge in [-0.2, -0.15) is 0 Å². The normalized spacial score (nSPS) is 13.6. The van der Waals surface area contributed by atoms with Crippen LogP contribution in [0.1, 0.15) is 28.3 Å². The van der Waals surface area contributed by atoms with Crippen molar-refractivity contribution in [3.8, 4) is 0 Å². The van der Waals surface area contributed by atoms with Gasteiger partial charge in [-0.3, -0.25) is 4.79 Å². The topological polar surface area (TPSA) is 43.3 Å². The Morgan fingerprint density at radius 3 is 2.26 bits per heavy atom. The third-order valence-electron chi connectivity index (χ3n) is 7.15. The molecule has 5 aromatic rings. The average Bonchev–Trinajstić information content (AvgIpc) is 3.19. The predicted octanol–water partition coefficient (Wildman–Crippen LogP) is 8.32. The molecular weight excluding hydrogens is 604 g/mol. The molecule has 0 aliphatic rings. The van der Waals surface area contributed by atoms with E-state index in [4.69, 9.17) is 4.74 Å². The largest absolute Gasteiger partial charge is 0.468 e. The number of hydrogen-bond donors (Lipinski definition) is 1. The quantitative estimate of drug-likeness (QED) is 0.184. The van der Waals surface area contributed by atoms with E-state index in [1.165, 1.54) is 7.11 Å². The SMILES string of the molecule is COC(=O)[C@](c1ccccc1)(c1c(Br)n(C)c2ccccc12)[C@@H](Nc1cccc(Br)c1)c1ccc(C)cc1. The average molecular weight is 632 g/mol. The highest BCUT2D eigenvalue weighted by molar-refractivity contribution is 9.10. The highest BCUT2D eigenvalue weighted by Crippen LogP contribution is 2.51. The van der Waals surface area contributed by atoms with Gasteiger partial charge in [0.2, 0.25) is 0 Å². The zero-order valence-corrected chi connectivity index (χ0v) is 24.6. The Labute approximate surface area is 239 Å². The number of methoxy groups -OCH3 is 1. The van der Waals surface area contributed by atoms with Crippen LogP contribution in [0.3, 0.4) is 0 Å². The molecule has 0 unspecified atom stereocenters. The van der Waals surface area contributed by atoms with Crippen molar-refractivity contribution in [2.24, 2.45) is 7.05 Å². The summed E-state index contributed by atoms with van der Waals surface area (Å²) in [6.45, 7) is 2.06. The zero-order valence-electron chi connectivity index (χ0n) is 21.4. The molecule has 0 spiro atoms. The summed E-state index contributed by atoms with van der Waals surface area (Å²) in [5.74, 6) is -0.353. The lowest BCUT2D eigenvalue weighted by molar-refractivity contribution is -0.146. The first-order valence-corrected chi connectivity index (χ1v) is 13.9. The van der Waals surface area contributed by atoms with Crippen LogP contribution in [0.4, 0.5) is 5.69 Å². The number of esters is 1. The molecule has 5 rings (SSSR count). The van der Waals surface area contributed by atoms with E-state index in [0.717, 1.165) is 47.9 Å². The van der Waals surface area contributed by atoms with Gasteiger partial charge < -0.3 is 14.6 Å². The summed E-state index contributed by atoms with van der Waals surface area (Å²) in [5, 5.41) is 4.73. The first kappa shape index (κ1) is 26.3. The number of fused-ring (bicyclic) bond motifs is 1. The molecule has 4 nitrogen and oxygen atoms in total. The van der Waals surface area contributed by atoms with Gasteiger partial charge >= 0.3 is 5.97 Å². The highest BCUT2D eigenvalue weighted by atomic mass is 79.9. The van der Waals surface area contributed by atoms with Gasteiger partial charge in [0.15, 0.2) is 0 Å². The van der Waals surface area contributed by atoms with Crippen LogP contribution in [0.5, 0.6) is 0 Å². The number of halogens is 2. The molecule has 2 atom stereocenters. The molecule has 0 saturated carbocycles. The highest BCUT2D eigenvalue weighted by Gasteiger charge is 2.53. The predicted molar refractivity (Wildman–Crippen MR) is 162 cm³/mol. The van der Waals surface area contributed by atoms with Crippen molar-refractivity contribution in [2.45, 2.75) is 18.4 Å². The summed E-state index contributed by atoms with van der Waals surface area (Å²) in [5.41, 5.74) is 4.43. The number of ether oxygens (including phenoxy) is 1. The second-order valence-corrected chi connectivity index (χ2v) is 11.1. The molecule has 0 radical (unpaired) electrons. The van der Waals surface area contributed by atoms with Crippen LogP contribution in [0.15, 0.2) is 112 Å². The standard InChI is InChI=1S/C32H28Br2N2O2/c1-21-16-18-22(19-17-21)29(35-25-13-9-12-24(33)20-25)32(31(37)38-3,23-10-5-4-6-11-23)28-26-14-7-8-15-27(26)36(2)30(28)34/h4-20,29,35H,1-3H3/t29-,32+/m0/s1. The minimum Gasteiger partial charge on any atom is -0.468 e. The third kappa shape index (κ3) is 4.46. The van der Waals surface area contributed by atoms with Crippen LogP contribution in [0.2, 0.25) is 0 Å². The minimum absolute atomic E-state index is 0.353. The fourth-order valence-electron chi connectivity index (χ4n) is 5.34. The Morgan fingerprint density at radius 1 is 0.895 bits per heavy atom. The number of aromatic nitrogens is 1. The molecule has 0 bridgehead atoms. The van der Waals surface area contributed by atoms with E-state index in [-0.39, 0.29) is 5.97 Å². The molecule has 0 fully saturated rings. The van der Waals surface area contributed by atoms with E-state index >= 15 is 0 Å². The molecule has 6 heteroatoms. The van der Waals surface area contributed by atoms with Gasteiger partial charge in [-0.05, 0) is 58.2 Å². The maximum atomic E-state index is 14.5. The molecule has 0 aliphatic carbocycles. The Hall–Kier alpha value is -3.35. The van der Waals surface area contributed by atoms with Crippen molar-refractivity contribution in [3.05, 3.63) is 134 Å². The molecule has 0 saturated heterocycles. The lowest BCUT2D eigenvalue weighted by Gasteiger charge is -2.40. The van der Waals surface area contributed by atoms with Crippen molar-refractivity contribution in [1.29, 1.82) is 0 Å². The van der Waals surface area contributed by atoms with Crippen molar-refractivity contribution < 1.29 is 9.53 Å². The summed E-state index contributed by atoms with van der Waals surface area (Å²) in [6.07, 6.45) is 0. The van der Waals surface area contributed by atoms with Crippen LogP contribution in [0, 0.1) is 6.92 Å². The van der Waals surface area contributed by atoms with Crippen molar-refractivity contribution >= 4 is 54.4 Å². The van der Waals surface area contributed by atoms with E-state index in [9.17, 15) is 4.79 Å². The molecule has 0 aliphatic heterocycles. The van der Waals surface area contributed by atoms with Gasteiger partial charge in [-0.15, -0.1) is 0 Å². The van der Waals surface area contributed by atoms with Crippen molar-refractivity contribution in [1.82, 2.24) is 4.57 Å². The maximum Gasteiger partial charge on any atom is 0.323 e. The van der Waals surface area contributed by atoms with Crippen molar-refractivity contribution in [2.75, 3.05) is 12.4 Å². The number of para-hydroxylation sites is 1. The molecule has 38 heavy (non-hydrogen) atoms. The number of aryl methyl sites for hydroxylation is 2. The summed E-state index contributed by atoms with van der Waals surface area (Å²) in [4.78, 5) is 14.5. The first-order chi connectivity index (χ1) is 18.4. The van der Waals surface area contributed by atoms with Crippen molar-refractivity contribution in [3.63, 3.8) is 0 Å². The number of rotatable bonds is 7. The lowest BCUT2D eigenvalue weighted by Crippen LogP contribution is -2.47. The van der Waals surface area contributed by atoms with Gasteiger partial charge in [0, 0.05) is 33.7 Å². The maximum absolute atomic E-state index is 14.5. The van der Waals surface area contributed by atoms with Crippen LogP contribution >= 0.6 is 31.9 Å². The van der Waals surface area contributed by atoms with Gasteiger partial charge in [0.25, 0.3) is 0 Å². The number of carbonyl (C=O) groups is 1. The van der Waals surface area contributed by atoms with Crippen LogP contribution in [0.25, 0.3) is 10.9 Å². The number of carbonyl (C=O) groups excluding carboxylic acids is 1. The molecule has 4 aromatic carbocycles. The number of nitrogens with one attached hydrogen (secondary N) is 1. The van der Waals surface area contributed by atoms with Crippen LogP contribution < -0.4 is 5.32 Å². The zero-order chi connectivity index (χ0) is 26.9. The molecular formula is C32H28Br2N2O2. The minimum atomic E-state index is -1.26. The summed E-state index contributed by atoms with van der Waals surface area (Å²) >= 11 is 7.50. The van der Waals surface area contributed by atoms with Gasteiger partial charge in [-0.1, -0.05) is 100 Å². The van der Waals surface area contributed by atoms with E-state index in [1.54, 1.807) is 0 Å². The summed E-state index contributed by atoms with van der Waals surface area (Å²) < 4.78 is 9.55.